The van der Waals surface area contributed by atoms with E-state index in [-0.39, 0.29) is 5.91 Å². The number of pyridine rings is 1. The van der Waals surface area contributed by atoms with Crippen molar-refractivity contribution in [1.29, 1.82) is 0 Å². The highest BCUT2D eigenvalue weighted by atomic mass is 16.1. The molecule has 3 aromatic carbocycles. The van der Waals surface area contributed by atoms with E-state index in [1.807, 2.05) is 72.8 Å². The van der Waals surface area contributed by atoms with Gasteiger partial charge in [-0.15, -0.1) is 0 Å². The molecule has 0 unspecified atom stereocenters. The van der Waals surface area contributed by atoms with Crippen LogP contribution in [0.15, 0.2) is 84.9 Å². The number of aromatic nitrogens is 1. The minimum Gasteiger partial charge on any atom is -0.322 e. The number of hydrogen-bond acceptors (Lipinski definition) is 2. The molecule has 3 nitrogen and oxygen atoms in total. The van der Waals surface area contributed by atoms with E-state index in [1.165, 1.54) is 5.56 Å². The van der Waals surface area contributed by atoms with Crippen LogP contribution in [0, 0.1) is 0 Å². The smallest absolute Gasteiger partial charge is 0.256 e. The summed E-state index contributed by atoms with van der Waals surface area (Å²) in [6.45, 7) is 4.31. The summed E-state index contributed by atoms with van der Waals surface area (Å²) in [7, 11) is 0. The predicted molar refractivity (Wildman–Crippen MR) is 116 cm³/mol. The fourth-order valence-electron chi connectivity index (χ4n) is 3.27. The maximum atomic E-state index is 13.1. The van der Waals surface area contributed by atoms with Crippen LogP contribution < -0.4 is 5.32 Å². The molecule has 0 fully saturated rings. The highest BCUT2D eigenvalue weighted by Gasteiger charge is 2.14. The molecule has 1 aromatic heterocycles. The monoisotopic (exact) mass is 366 g/mol. The zero-order valence-electron chi connectivity index (χ0n) is 16.0. The maximum Gasteiger partial charge on any atom is 0.256 e. The van der Waals surface area contributed by atoms with Crippen molar-refractivity contribution >= 4 is 22.5 Å². The van der Waals surface area contributed by atoms with Gasteiger partial charge in [-0.25, -0.2) is 4.98 Å². The van der Waals surface area contributed by atoms with Gasteiger partial charge in [0, 0.05) is 16.6 Å². The van der Waals surface area contributed by atoms with Gasteiger partial charge < -0.3 is 5.32 Å². The summed E-state index contributed by atoms with van der Waals surface area (Å²) in [5.41, 5.74) is 5.25. The SMILES string of the molecule is CC(C)c1ccc(NC(=O)c2cc(-c3ccccc3)nc3ccccc23)cc1. The van der Waals surface area contributed by atoms with E-state index in [0.29, 0.717) is 11.5 Å². The summed E-state index contributed by atoms with van der Waals surface area (Å²) in [5, 5.41) is 3.87. The number of carbonyl (C=O) groups is 1. The number of benzene rings is 3. The number of nitrogens with one attached hydrogen (secondary N) is 1. The molecule has 1 amide bonds. The second-order valence-corrected chi connectivity index (χ2v) is 7.17. The number of nitrogens with zero attached hydrogens (tertiary/aromatic N) is 1. The Hall–Kier alpha value is -3.46. The van der Waals surface area contributed by atoms with Gasteiger partial charge in [-0.3, -0.25) is 4.79 Å². The van der Waals surface area contributed by atoms with Crippen molar-refractivity contribution in [3.05, 3.63) is 96.1 Å². The molecule has 0 bridgehead atoms. The Labute approximate surface area is 165 Å². The molecule has 0 atom stereocenters. The van der Waals surface area contributed by atoms with E-state index in [2.05, 4.69) is 31.3 Å². The molecule has 138 valence electrons. The number of anilines is 1. The third kappa shape index (κ3) is 3.65. The number of hydrogen-bond donors (Lipinski definition) is 1. The van der Waals surface area contributed by atoms with E-state index < -0.39 is 0 Å². The molecule has 0 spiro atoms. The molecule has 3 heteroatoms. The first kappa shape index (κ1) is 17.9. The number of para-hydroxylation sites is 1. The lowest BCUT2D eigenvalue weighted by Gasteiger charge is -2.12. The van der Waals surface area contributed by atoms with Crippen molar-refractivity contribution in [2.24, 2.45) is 0 Å². The third-order valence-corrected chi connectivity index (χ3v) is 4.87. The minimum atomic E-state index is -0.131. The van der Waals surface area contributed by atoms with Gasteiger partial charge in [-0.1, -0.05) is 74.5 Å². The molecule has 0 saturated carbocycles. The Morgan fingerprint density at radius 3 is 2.25 bits per heavy atom. The minimum absolute atomic E-state index is 0.131. The second-order valence-electron chi connectivity index (χ2n) is 7.17. The zero-order valence-corrected chi connectivity index (χ0v) is 16.0. The van der Waals surface area contributed by atoms with Crippen LogP contribution in [0.1, 0.15) is 35.7 Å². The van der Waals surface area contributed by atoms with Gasteiger partial charge in [-0.2, -0.15) is 0 Å². The first-order valence-corrected chi connectivity index (χ1v) is 9.48. The van der Waals surface area contributed by atoms with Crippen LogP contribution in [0.3, 0.4) is 0 Å². The van der Waals surface area contributed by atoms with Crippen molar-refractivity contribution < 1.29 is 4.79 Å². The lowest BCUT2D eigenvalue weighted by molar-refractivity contribution is 0.102. The van der Waals surface area contributed by atoms with E-state index in [1.54, 1.807) is 0 Å². The van der Waals surface area contributed by atoms with Crippen LogP contribution in [0.4, 0.5) is 5.69 Å². The van der Waals surface area contributed by atoms with Crippen molar-refractivity contribution in [3.8, 4) is 11.3 Å². The van der Waals surface area contributed by atoms with Gasteiger partial charge in [0.15, 0.2) is 0 Å². The Kier molecular flexibility index (Phi) is 4.90. The third-order valence-electron chi connectivity index (χ3n) is 4.87. The average molecular weight is 366 g/mol. The second kappa shape index (κ2) is 7.65. The summed E-state index contributed by atoms with van der Waals surface area (Å²) >= 11 is 0. The van der Waals surface area contributed by atoms with Crippen molar-refractivity contribution in [2.45, 2.75) is 19.8 Å². The van der Waals surface area contributed by atoms with Crippen molar-refractivity contribution in [2.75, 3.05) is 5.32 Å². The zero-order chi connectivity index (χ0) is 19.5. The van der Waals surface area contributed by atoms with Crippen LogP contribution in [-0.2, 0) is 0 Å². The number of amides is 1. The van der Waals surface area contributed by atoms with Gasteiger partial charge in [0.05, 0.1) is 16.8 Å². The van der Waals surface area contributed by atoms with Crippen LogP contribution >= 0.6 is 0 Å². The van der Waals surface area contributed by atoms with E-state index in [4.69, 9.17) is 4.98 Å². The molecule has 4 rings (SSSR count). The highest BCUT2D eigenvalue weighted by molar-refractivity contribution is 6.13. The molecule has 1 heterocycles. The molecule has 0 aliphatic heterocycles. The summed E-state index contributed by atoms with van der Waals surface area (Å²) < 4.78 is 0. The molecule has 1 N–H and O–H groups in total. The topological polar surface area (TPSA) is 42.0 Å². The average Bonchev–Trinajstić information content (AvgIpc) is 2.74. The number of fused-ring (bicyclic) bond motifs is 1. The lowest BCUT2D eigenvalue weighted by Crippen LogP contribution is -2.13. The van der Waals surface area contributed by atoms with Crippen molar-refractivity contribution in [1.82, 2.24) is 4.98 Å². The van der Waals surface area contributed by atoms with E-state index in [0.717, 1.165) is 27.8 Å². The summed E-state index contributed by atoms with van der Waals surface area (Å²) in [4.78, 5) is 17.8. The molecule has 4 aromatic rings. The largest absolute Gasteiger partial charge is 0.322 e. The fourth-order valence-corrected chi connectivity index (χ4v) is 3.27. The molecule has 0 aliphatic rings. The van der Waals surface area contributed by atoms with Gasteiger partial charge >= 0.3 is 0 Å². The van der Waals surface area contributed by atoms with Crippen molar-refractivity contribution in [3.63, 3.8) is 0 Å². The normalized spacial score (nSPS) is 11.0. The van der Waals surface area contributed by atoms with Crippen LogP contribution in [-0.4, -0.2) is 10.9 Å². The molecular formula is C25H22N2O. The quantitative estimate of drug-likeness (QED) is 0.462. The van der Waals surface area contributed by atoms with E-state index >= 15 is 0 Å². The first-order chi connectivity index (χ1) is 13.6. The van der Waals surface area contributed by atoms with Crippen LogP contribution in [0.25, 0.3) is 22.2 Å². The Morgan fingerprint density at radius 2 is 1.54 bits per heavy atom. The number of carbonyl (C=O) groups excluding carboxylic acids is 1. The Balaban J connectivity index is 1.73. The number of rotatable bonds is 4. The molecule has 0 radical (unpaired) electrons. The van der Waals surface area contributed by atoms with Crippen LogP contribution in [0.5, 0.6) is 0 Å². The lowest BCUT2D eigenvalue weighted by atomic mass is 10.0. The predicted octanol–water partition coefficient (Wildman–Crippen LogP) is 6.28. The summed E-state index contributed by atoms with van der Waals surface area (Å²) in [6.07, 6.45) is 0. The molecule has 28 heavy (non-hydrogen) atoms. The van der Waals surface area contributed by atoms with Gasteiger partial charge in [0.25, 0.3) is 5.91 Å². The van der Waals surface area contributed by atoms with Gasteiger partial charge in [-0.05, 0) is 35.7 Å². The fraction of sp³-hybridized carbons (Fsp3) is 0.120. The Morgan fingerprint density at radius 1 is 0.857 bits per heavy atom. The van der Waals surface area contributed by atoms with Crippen LogP contribution in [0.2, 0.25) is 0 Å². The standard InChI is InChI=1S/C25H22N2O/c1-17(2)18-12-14-20(15-13-18)26-25(28)22-16-24(19-8-4-3-5-9-19)27-23-11-7-6-10-21(22)23/h3-17H,1-2H3,(H,26,28). The summed E-state index contributed by atoms with van der Waals surface area (Å²) in [6, 6.07) is 27.6. The van der Waals surface area contributed by atoms with Gasteiger partial charge in [0.1, 0.15) is 0 Å². The highest BCUT2D eigenvalue weighted by Crippen LogP contribution is 2.26. The molecule has 0 saturated heterocycles. The Bertz CT molecular complexity index is 1120. The molecule has 0 aliphatic carbocycles. The summed E-state index contributed by atoms with van der Waals surface area (Å²) in [5.74, 6) is 0.329. The molecular weight excluding hydrogens is 344 g/mol. The van der Waals surface area contributed by atoms with Gasteiger partial charge in [0.2, 0.25) is 0 Å². The maximum absolute atomic E-state index is 13.1. The first-order valence-electron chi connectivity index (χ1n) is 9.48. The van der Waals surface area contributed by atoms with E-state index in [9.17, 15) is 4.79 Å².